The number of esters is 1. The number of hydrogen-bond donors (Lipinski definition) is 1. The smallest absolute Gasteiger partial charge is 0.309 e. The minimum absolute atomic E-state index is 0.00593. The second-order valence-electron chi connectivity index (χ2n) is 4.38. The molecule has 78 valence electrons. The number of aliphatic hydroxyl groups is 1. The van der Waals surface area contributed by atoms with Gasteiger partial charge < -0.3 is 9.84 Å². The Labute approximate surface area is 83.8 Å². The first-order chi connectivity index (χ1) is 6.59. The first-order valence-electron chi connectivity index (χ1n) is 5.16. The summed E-state index contributed by atoms with van der Waals surface area (Å²) in [5, 5.41) is 9.74. The van der Waals surface area contributed by atoms with Crippen LogP contribution in [-0.2, 0) is 9.53 Å². The van der Waals surface area contributed by atoms with Gasteiger partial charge >= 0.3 is 5.97 Å². The van der Waals surface area contributed by atoms with E-state index in [4.69, 9.17) is 4.74 Å². The third-order valence-electron chi connectivity index (χ3n) is 3.48. The highest BCUT2D eigenvalue weighted by atomic mass is 16.6. The number of carbonyl (C=O) groups excluding carboxylic acids is 1. The first-order valence-corrected chi connectivity index (χ1v) is 5.16. The van der Waals surface area contributed by atoms with Crippen molar-refractivity contribution in [1.82, 2.24) is 0 Å². The summed E-state index contributed by atoms with van der Waals surface area (Å²) >= 11 is 0. The molecule has 0 spiro atoms. The van der Waals surface area contributed by atoms with E-state index in [0.717, 1.165) is 18.4 Å². The highest BCUT2D eigenvalue weighted by molar-refractivity contribution is 5.74. The molecule has 14 heavy (non-hydrogen) atoms. The van der Waals surface area contributed by atoms with Crippen LogP contribution in [-0.4, -0.2) is 23.3 Å². The van der Waals surface area contributed by atoms with E-state index in [1.54, 1.807) is 0 Å². The fourth-order valence-electron chi connectivity index (χ4n) is 2.39. The van der Waals surface area contributed by atoms with Crippen LogP contribution in [0.2, 0.25) is 0 Å². The first kappa shape index (κ1) is 9.71. The number of hydrogen-bond acceptors (Lipinski definition) is 3. The number of ether oxygens (including phenoxy) is 1. The predicted octanol–water partition coefficient (Wildman–Crippen LogP) is 1.27. The number of aliphatic hydroxyl groups excluding tert-OH is 1. The molecule has 1 aliphatic heterocycles. The quantitative estimate of drug-likeness (QED) is 0.468. The summed E-state index contributed by atoms with van der Waals surface area (Å²) in [4.78, 5) is 11.3. The molecule has 1 heterocycles. The van der Waals surface area contributed by atoms with E-state index >= 15 is 0 Å². The van der Waals surface area contributed by atoms with Gasteiger partial charge in [-0.05, 0) is 24.8 Å². The molecular weight excluding hydrogens is 180 g/mol. The second kappa shape index (κ2) is 3.39. The lowest BCUT2D eigenvalue weighted by molar-refractivity contribution is -0.144. The fraction of sp³-hybridized carbons (Fsp3) is 0.727. The van der Waals surface area contributed by atoms with Crippen LogP contribution in [0.4, 0.5) is 0 Å². The predicted molar refractivity (Wildman–Crippen MR) is 51.5 cm³/mol. The summed E-state index contributed by atoms with van der Waals surface area (Å²) in [5.41, 5.74) is 0.877. The van der Waals surface area contributed by atoms with Crippen LogP contribution in [0.3, 0.4) is 0 Å². The molecule has 1 aliphatic carbocycles. The van der Waals surface area contributed by atoms with E-state index in [2.05, 4.69) is 6.58 Å². The number of carbonyl (C=O) groups is 1. The van der Waals surface area contributed by atoms with E-state index in [0.29, 0.717) is 6.42 Å². The molecule has 1 saturated heterocycles. The molecule has 2 fully saturated rings. The molecule has 0 amide bonds. The zero-order valence-electron chi connectivity index (χ0n) is 8.40. The molecule has 0 radical (unpaired) electrons. The summed E-state index contributed by atoms with van der Waals surface area (Å²) in [5.74, 6) is -0.00277. The van der Waals surface area contributed by atoms with E-state index < -0.39 is 6.10 Å². The van der Waals surface area contributed by atoms with Crippen LogP contribution in [0, 0.1) is 11.8 Å². The van der Waals surface area contributed by atoms with Crippen molar-refractivity contribution in [2.45, 2.75) is 38.4 Å². The molecule has 0 aromatic carbocycles. The highest BCUT2D eigenvalue weighted by Crippen LogP contribution is 2.38. The molecule has 4 atom stereocenters. The standard InChI is InChI=1S/C11H16O3/c1-6-3-4-10-8(5-9(6)12)7(2)11(13)14-10/h7-10,12H,1,3-5H2,2H3. The fourth-order valence-corrected chi connectivity index (χ4v) is 2.39. The van der Waals surface area contributed by atoms with Crippen molar-refractivity contribution in [1.29, 1.82) is 0 Å². The zero-order chi connectivity index (χ0) is 10.3. The Balaban J connectivity index is 2.16. The third-order valence-corrected chi connectivity index (χ3v) is 3.48. The second-order valence-corrected chi connectivity index (χ2v) is 4.38. The van der Waals surface area contributed by atoms with Gasteiger partial charge in [-0.1, -0.05) is 13.5 Å². The lowest BCUT2D eigenvalue weighted by Crippen LogP contribution is -2.21. The van der Waals surface area contributed by atoms with Gasteiger partial charge in [0.1, 0.15) is 6.10 Å². The topological polar surface area (TPSA) is 46.5 Å². The van der Waals surface area contributed by atoms with Gasteiger partial charge in [0, 0.05) is 5.92 Å². The van der Waals surface area contributed by atoms with Crippen molar-refractivity contribution in [2.75, 3.05) is 0 Å². The van der Waals surface area contributed by atoms with Gasteiger partial charge in [0.2, 0.25) is 0 Å². The average Bonchev–Trinajstić information content (AvgIpc) is 2.32. The summed E-state index contributed by atoms with van der Waals surface area (Å²) in [7, 11) is 0. The van der Waals surface area contributed by atoms with Crippen molar-refractivity contribution >= 4 is 5.97 Å². The van der Waals surface area contributed by atoms with Crippen molar-refractivity contribution in [2.24, 2.45) is 11.8 Å². The Morgan fingerprint density at radius 1 is 1.57 bits per heavy atom. The number of fused-ring (bicyclic) bond motifs is 1. The van der Waals surface area contributed by atoms with Gasteiger partial charge in [0.25, 0.3) is 0 Å². The maximum Gasteiger partial charge on any atom is 0.309 e. The van der Waals surface area contributed by atoms with Gasteiger partial charge in [-0.15, -0.1) is 0 Å². The normalized spacial score (nSPS) is 43.0. The summed E-state index contributed by atoms with van der Waals surface area (Å²) < 4.78 is 5.26. The van der Waals surface area contributed by atoms with Crippen LogP contribution < -0.4 is 0 Å². The molecule has 1 N–H and O–H groups in total. The molecule has 0 bridgehead atoms. The Hall–Kier alpha value is -0.830. The van der Waals surface area contributed by atoms with Crippen molar-refractivity contribution in [3.8, 4) is 0 Å². The molecule has 3 heteroatoms. The van der Waals surface area contributed by atoms with Gasteiger partial charge in [0.15, 0.2) is 0 Å². The Kier molecular flexibility index (Phi) is 2.35. The van der Waals surface area contributed by atoms with E-state index in [1.165, 1.54) is 0 Å². The molecule has 2 rings (SSSR count). The van der Waals surface area contributed by atoms with Crippen molar-refractivity contribution in [3.63, 3.8) is 0 Å². The average molecular weight is 196 g/mol. The van der Waals surface area contributed by atoms with Crippen molar-refractivity contribution in [3.05, 3.63) is 12.2 Å². The summed E-state index contributed by atoms with van der Waals surface area (Å²) in [6.45, 7) is 5.72. The molecule has 1 saturated carbocycles. The largest absolute Gasteiger partial charge is 0.462 e. The minimum Gasteiger partial charge on any atom is -0.462 e. The third kappa shape index (κ3) is 1.46. The Morgan fingerprint density at radius 2 is 2.29 bits per heavy atom. The minimum atomic E-state index is -0.457. The molecule has 2 aliphatic rings. The number of rotatable bonds is 0. The molecule has 0 aromatic rings. The van der Waals surface area contributed by atoms with Crippen LogP contribution >= 0.6 is 0 Å². The van der Waals surface area contributed by atoms with Gasteiger partial charge in [-0.3, -0.25) is 4.79 Å². The van der Waals surface area contributed by atoms with E-state index in [1.807, 2.05) is 6.92 Å². The maximum atomic E-state index is 11.3. The van der Waals surface area contributed by atoms with Gasteiger partial charge in [-0.2, -0.15) is 0 Å². The van der Waals surface area contributed by atoms with Crippen LogP contribution in [0.5, 0.6) is 0 Å². The molecule has 4 unspecified atom stereocenters. The lowest BCUT2D eigenvalue weighted by Gasteiger charge is -2.17. The van der Waals surface area contributed by atoms with Crippen molar-refractivity contribution < 1.29 is 14.6 Å². The van der Waals surface area contributed by atoms with Crippen LogP contribution in [0.1, 0.15) is 26.2 Å². The Morgan fingerprint density at radius 3 is 3.00 bits per heavy atom. The Bertz CT molecular complexity index is 270. The molecular formula is C11H16O3. The van der Waals surface area contributed by atoms with Crippen LogP contribution in [0.15, 0.2) is 12.2 Å². The SMILES string of the molecule is C=C1CCC2OC(=O)C(C)C2CC1O. The molecule has 0 aromatic heterocycles. The van der Waals surface area contributed by atoms with Crippen LogP contribution in [0.25, 0.3) is 0 Å². The zero-order valence-corrected chi connectivity index (χ0v) is 8.40. The summed E-state index contributed by atoms with van der Waals surface area (Å²) in [6.07, 6.45) is 1.75. The monoisotopic (exact) mass is 196 g/mol. The van der Waals surface area contributed by atoms with Gasteiger partial charge in [0.05, 0.1) is 12.0 Å². The highest BCUT2D eigenvalue weighted by Gasteiger charge is 2.43. The van der Waals surface area contributed by atoms with E-state index in [9.17, 15) is 9.90 Å². The van der Waals surface area contributed by atoms with Gasteiger partial charge in [-0.25, -0.2) is 0 Å². The molecule has 3 nitrogen and oxygen atoms in total. The lowest BCUT2D eigenvalue weighted by atomic mass is 9.87. The summed E-state index contributed by atoms with van der Waals surface area (Å²) in [6, 6.07) is 0. The van der Waals surface area contributed by atoms with E-state index in [-0.39, 0.29) is 23.9 Å². The maximum absolute atomic E-state index is 11.3.